The number of benzene rings is 1. The molecule has 4 N–H and O–H groups in total. The van der Waals surface area contributed by atoms with E-state index in [2.05, 4.69) is 17.2 Å². The van der Waals surface area contributed by atoms with Gasteiger partial charge in [-0.1, -0.05) is 13.3 Å². The summed E-state index contributed by atoms with van der Waals surface area (Å²) < 4.78 is 0. The van der Waals surface area contributed by atoms with Crippen LogP contribution in [0.15, 0.2) is 29.3 Å². The van der Waals surface area contributed by atoms with E-state index in [1.54, 1.807) is 12.1 Å². The summed E-state index contributed by atoms with van der Waals surface area (Å²) in [5, 5.41) is 11.7. The van der Waals surface area contributed by atoms with E-state index in [1.165, 1.54) is 12.1 Å². The fraction of sp³-hybridized carbons (Fsp3) is 0.385. The molecule has 1 rings (SSSR count). The Morgan fingerprint density at radius 2 is 2.06 bits per heavy atom. The number of aliphatic imine (C=N–C) groups is 1. The number of carboxylic acid groups (broad SMARTS) is 1. The van der Waals surface area contributed by atoms with Crippen molar-refractivity contribution in [3.63, 3.8) is 0 Å². The number of hydrogen-bond donors (Lipinski definition) is 3. The van der Waals surface area contributed by atoms with E-state index in [0.717, 1.165) is 18.5 Å². The maximum atomic E-state index is 10.7. The molecule has 98 valence electrons. The lowest BCUT2D eigenvalue weighted by atomic mass is 10.2. The predicted molar refractivity (Wildman–Crippen MR) is 73.0 cm³/mol. The van der Waals surface area contributed by atoms with Crippen LogP contribution in [-0.4, -0.2) is 23.1 Å². The Kier molecular flexibility index (Phi) is 5.17. The first-order chi connectivity index (χ1) is 8.52. The number of nitrogens with one attached hydrogen (secondary N) is 1. The van der Waals surface area contributed by atoms with Gasteiger partial charge in [0.25, 0.3) is 0 Å². The van der Waals surface area contributed by atoms with Crippen LogP contribution in [0.5, 0.6) is 0 Å². The molecule has 0 saturated heterocycles. The Bertz CT molecular complexity index is 426. The molecule has 1 unspecified atom stereocenters. The van der Waals surface area contributed by atoms with Crippen LogP contribution >= 0.6 is 0 Å². The third kappa shape index (κ3) is 4.45. The van der Waals surface area contributed by atoms with Crippen molar-refractivity contribution in [3.05, 3.63) is 29.8 Å². The Morgan fingerprint density at radius 3 is 2.56 bits per heavy atom. The van der Waals surface area contributed by atoms with Gasteiger partial charge in [-0.25, -0.2) is 4.79 Å². The van der Waals surface area contributed by atoms with Crippen LogP contribution in [0, 0.1) is 0 Å². The smallest absolute Gasteiger partial charge is 0.335 e. The van der Waals surface area contributed by atoms with E-state index >= 15 is 0 Å². The predicted octanol–water partition coefficient (Wildman–Crippen LogP) is 2.30. The van der Waals surface area contributed by atoms with Gasteiger partial charge in [0.15, 0.2) is 5.96 Å². The Morgan fingerprint density at radius 1 is 1.44 bits per heavy atom. The second kappa shape index (κ2) is 6.64. The number of anilines is 1. The molecule has 0 aliphatic heterocycles. The van der Waals surface area contributed by atoms with Crippen LogP contribution in [0.2, 0.25) is 0 Å². The van der Waals surface area contributed by atoms with Crippen molar-refractivity contribution in [3.8, 4) is 0 Å². The molecule has 18 heavy (non-hydrogen) atoms. The highest BCUT2D eigenvalue weighted by atomic mass is 16.4. The summed E-state index contributed by atoms with van der Waals surface area (Å²) in [4.78, 5) is 15.0. The number of aromatic carboxylic acids is 1. The average Bonchev–Trinajstić information content (AvgIpc) is 2.29. The van der Waals surface area contributed by atoms with Crippen molar-refractivity contribution in [2.75, 3.05) is 5.32 Å². The molecular weight excluding hydrogens is 230 g/mol. The number of hydrogen-bond acceptors (Lipinski definition) is 2. The van der Waals surface area contributed by atoms with Crippen molar-refractivity contribution < 1.29 is 9.90 Å². The van der Waals surface area contributed by atoms with Crippen molar-refractivity contribution in [1.82, 2.24) is 0 Å². The molecule has 0 saturated carbocycles. The maximum Gasteiger partial charge on any atom is 0.335 e. The normalized spacial score (nSPS) is 13.1. The molecule has 0 aliphatic rings. The summed E-state index contributed by atoms with van der Waals surface area (Å²) in [5.41, 5.74) is 6.73. The number of rotatable bonds is 5. The molecule has 1 aromatic carbocycles. The molecule has 0 amide bonds. The third-order valence-corrected chi connectivity index (χ3v) is 2.47. The second-order valence-corrected chi connectivity index (χ2v) is 4.16. The zero-order valence-electron chi connectivity index (χ0n) is 10.7. The highest BCUT2D eigenvalue weighted by Gasteiger charge is 2.03. The summed E-state index contributed by atoms with van der Waals surface area (Å²) in [6.07, 6.45) is 2.05. The van der Waals surface area contributed by atoms with Gasteiger partial charge in [-0.15, -0.1) is 0 Å². The largest absolute Gasteiger partial charge is 0.478 e. The zero-order chi connectivity index (χ0) is 13.5. The van der Waals surface area contributed by atoms with Gasteiger partial charge in [0.2, 0.25) is 0 Å². The number of carboxylic acids is 1. The summed E-state index contributed by atoms with van der Waals surface area (Å²) in [6.45, 7) is 4.10. The Balaban J connectivity index is 2.64. The molecule has 0 bridgehead atoms. The van der Waals surface area contributed by atoms with Gasteiger partial charge in [-0.2, -0.15) is 0 Å². The lowest BCUT2D eigenvalue weighted by Crippen LogP contribution is -2.24. The number of carbonyl (C=O) groups is 1. The van der Waals surface area contributed by atoms with Gasteiger partial charge in [-0.3, -0.25) is 4.99 Å². The van der Waals surface area contributed by atoms with E-state index < -0.39 is 5.97 Å². The number of nitrogens with two attached hydrogens (primary N) is 1. The fourth-order valence-corrected chi connectivity index (χ4v) is 1.60. The van der Waals surface area contributed by atoms with Crippen LogP contribution < -0.4 is 11.1 Å². The molecule has 0 heterocycles. The zero-order valence-corrected chi connectivity index (χ0v) is 10.7. The third-order valence-electron chi connectivity index (χ3n) is 2.47. The molecule has 1 atom stereocenters. The Hall–Kier alpha value is -2.04. The SMILES string of the molecule is CCCC(C)N=C(N)Nc1ccc(C(=O)O)cc1. The quantitative estimate of drug-likeness (QED) is 0.552. The molecule has 0 aliphatic carbocycles. The lowest BCUT2D eigenvalue weighted by Gasteiger charge is -2.09. The second-order valence-electron chi connectivity index (χ2n) is 4.16. The summed E-state index contributed by atoms with van der Waals surface area (Å²) in [5.74, 6) is -0.598. The standard InChI is InChI=1S/C13H19N3O2/c1-3-4-9(2)15-13(14)16-11-7-5-10(6-8-11)12(17)18/h5-9H,3-4H2,1-2H3,(H,17,18)(H3,14,15,16). The van der Waals surface area contributed by atoms with E-state index in [-0.39, 0.29) is 11.6 Å². The Labute approximate surface area is 107 Å². The summed E-state index contributed by atoms with van der Waals surface area (Å²) in [7, 11) is 0. The molecule has 0 aromatic heterocycles. The van der Waals surface area contributed by atoms with Crippen LogP contribution in [0.1, 0.15) is 37.0 Å². The molecule has 0 fully saturated rings. The fourth-order valence-electron chi connectivity index (χ4n) is 1.60. The van der Waals surface area contributed by atoms with Crippen molar-refractivity contribution >= 4 is 17.6 Å². The van der Waals surface area contributed by atoms with Crippen molar-refractivity contribution in [2.24, 2.45) is 10.7 Å². The van der Waals surface area contributed by atoms with Gasteiger partial charge in [0.05, 0.1) is 11.6 Å². The van der Waals surface area contributed by atoms with Crippen LogP contribution in [0.4, 0.5) is 5.69 Å². The molecule has 0 spiro atoms. The van der Waals surface area contributed by atoms with Gasteiger partial charge in [-0.05, 0) is 37.6 Å². The monoisotopic (exact) mass is 249 g/mol. The van der Waals surface area contributed by atoms with Crippen LogP contribution in [0.3, 0.4) is 0 Å². The van der Waals surface area contributed by atoms with E-state index in [4.69, 9.17) is 10.8 Å². The van der Waals surface area contributed by atoms with Crippen LogP contribution in [0.25, 0.3) is 0 Å². The summed E-state index contributed by atoms with van der Waals surface area (Å²) in [6, 6.07) is 6.55. The molecule has 5 nitrogen and oxygen atoms in total. The highest BCUT2D eigenvalue weighted by Crippen LogP contribution is 2.09. The van der Waals surface area contributed by atoms with E-state index in [1.807, 2.05) is 6.92 Å². The molecule has 0 radical (unpaired) electrons. The first kappa shape index (κ1) is 14.0. The molecule has 1 aromatic rings. The van der Waals surface area contributed by atoms with E-state index in [9.17, 15) is 4.79 Å². The van der Waals surface area contributed by atoms with Gasteiger partial charge in [0, 0.05) is 5.69 Å². The maximum absolute atomic E-state index is 10.7. The summed E-state index contributed by atoms with van der Waals surface area (Å²) >= 11 is 0. The number of guanidine groups is 1. The first-order valence-electron chi connectivity index (χ1n) is 5.96. The minimum absolute atomic E-state index is 0.181. The van der Waals surface area contributed by atoms with Crippen molar-refractivity contribution in [2.45, 2.75) is 32.7 Å². The van der Waals surface area contributed by atoms with E-state index in [0.29, 0.717) is 5.96 Å². The van der Waals surface area contributed by atoms with Crippen LogP contribution in [-0.2, 0) is 0 Å². The molecule has 5 heteroatoms. The minimum atomic E-state index is -0.945. The van der Waals surface area contributed by atoms with Gasteiger partial charge < -0.3 is 16.2 Å². The minimum Gasteiger partial charge on any atom is -0.478 e. The van der Waals surface area contributed by atoms with Crippen molar-refractivity contribution in [1.29, 1.82) is 0 Å². The topological polar surface area (TPSA) is 87.7 Å². The van der Waals surface area contributed by atoms with Gasteiger partial charge in [0.1, 0.15) is 0 Å². The molecular formula is C13H19N3O2. The first-order valence-corrected chi connectivity index (χ1v) is 5.96. The number of nitrogens with zero attached hydrogens (tertiary/aromatic N) is 1. The highest BCUT2D eigenvalue weighted by molar-refractivity contribution is 5.93. The lowest BCUT2D eigenvalue weighted by molar-refractivity contribution is 0.0697. The van der Waals surface area contributed by atoms with Gasteiger partial charge >= 0.3 is 5.97 Å². The average molecular weight is 249 g/mol.